The molecular weight excluding hydrogens is 202 g/mol. The van der Waals surface area contributed by atoms with E-state index in [4.69, 9.17) is 4.74 Å². The van der Waals surface area contributed by atoms with Gasteiger partial charge in [-0.15, -0.1) is 0 Å². The van der Waals surface area contributed by atoms with Gasteiger partial charge in [-0.1, -0.05) is 30.3 Å². The number of ether oxygens (including phenoxy) is 1. The van der Waals surface area contributed by atoms with Gasteiger partial charge in [0.15, 0.2) is 0 Å². The first-order valence-corrected chi connectivity index (χ1v) is 5.19. The minimum Gasteiger partial charge on any atom is -0.410 e. The summed E-state index contributed by atoms with van der Waals surface area (Å²) in [5.74, 6) is 0.682. The summed E-state index contributed by atoms with van der Waals surface area (Å²) >= 11 is 0. The van der Waals surface area contributed by atoms with Crippen LogP contribution in [0.4, 0.5) is 4.79 Å². The quantitative estimate of drug-likeness (QED) is 0.673. The molecule has 0 fully saturated rings. The molecule has 3 heteroatoms. The van der Waals surface area contributed by atoms with Gasteiger partial charge in [0.1, 0.15) is 5.75 Å². The summed E-state index contributed by atoms with van der Waals surface area (Å²) in [6.45, 7) is 0.607. The molecule has 3 rings (SSSR count). The number of carbonyl (C=O) groups excluding carboxylic acids is 1. The fourth-order valence-electron chi connectivity index (χ4n) is 2.05. The highest BCUT2D eigenvalue weighted by Crippen LogP contribution is 2.32. The Bertz CT molecular complexity index is 577. The van der Waals surface area contributed by atoms with E-state index >= 15 is 0 Å². The van der Waals surface area contributed by atoms with Crippen LogP contribution in [0.15, 0.2) is 36.4 Å². The Morgan fingerprint density at radius 2 is 2.00 bits per heavy atom. The van der Waals surface area contributed by atoms with Gasteiger partial charge >= 0.3 is 6.09 Å². The van der Waals surface area contributed by atoms with Gasteiger partial charge in [0, 0.05) is 12.6 Å². The van der Waals surface area contributed by atoms with Crippen LogP contribution in [0.2, 0.25) is 0 Å². The minimum atomic E-state index is -0.289. The summed E-state index contributed by atoms with van der Waals surface area (Å²) in [5, 5.41) is 2.33. The van der Waals surface area contributed by atoms with Crippen LogP contribution in [0.3, 0.4) is 0 Å². The second-order valence-electron chi connectivity index (χ2n) is 3.99. The molecule has 2 aromatic carbocycles. The molecule has 0 aliphatic carbocycles. The molecule has 1 aliphatic rings. The van der Waals surface area contributed by atoms with Gasteiger partial charge in [-0.3, -0.25) is 0 Å². The molecule has 16 heavy (non-hydrogen) atoms. The molecule has 0 spiro atoms. The van der Waals surface area contributed by atoms with Crippen LogP contribution < -0.4 is 4.74 Å². The number of hydrogen-bond donors (Lipinski definition) is 0. The number of carbonyl (C=O) groups is 1. The van der Waals surface area contributed by atoms with Crippen molar-refractivity contribution in [1.29, 1.82) is 0 Å². The lowest BCUT2D eigenvalue weighted by Crippen LogP contribution is -2.33. The van der Waals surface area contributed by atoms with Crippen molar-refractivity contribution in [3.63, 3.8) is 0 Å². The topological polar surface area (TPSA) is 29.5 Å². The van der Waals surface area contributed by atoms with Crippen LogP contribution in [-0.2, 0) is 6.54 Å². The highest BCUT2D eigenvalue weighted by atomic mass is 16.6. The van der Waals surface area contributed by atoms with Crippen LogP contribution in [-0.4, -0.2) is 18.0 Å². The molecule has 1 aliphatic heterocycles. The van der Waals surface area contributed by atoms with E-state index in [1.54, 1.807) is 11.9 Å². The zero-order chi connectivity index (χ0) is 11.1. The van der Waals surface area contributed by atoms with E-state index in [0.29, 0.717) is 12.3 Å². The summed E-state index contributed by atoms with van der Waals surface area (Å²) in [7, 11) is 1.74. The van der Waals surface area contributed by atoms with Crippen molar-refractivity contribution >= 4 is 16.9 Å². The average Bonchev–Trinajstić information content (AvgIpc) is 2.31. The number of rotatable bonds is 0. The normalized spacial score (nSPS) is 14.8. The summed E-state index contributed by atoms with van der Waals surface area (Å²) in [5.41, 5.74) is 1.08. The fraction of sp³-hybridized carbons (Fsp3) is 0.154. The Balaban J connectivity index is 2.27. The van der Waals surface area contributed by atoms with E-state index in [-0.39, 0.29) is 6.09 Å². The van der Waals surface area contributed by atoms with Crippen LogP contribution in [0.25, 0.3) is 10.8 Å². The monoisotopic (exact) mass is 213 g/mol. The molecule has 1 heterocycles. The van der Waals surface area contributed by atoms with Crippen molar-refractivity contribution < 1.29 is 9.53 Å². The zero-order valence-corrected chi connectivity index (χ0v) is 8.93. The van der Waals surface area contributed by atoms with E-state index in [2.05, 4.69) is 12.1 Å². The maximum Gasteiger partial charge on any atom is 0.415 e. The molecule has 2 aromatic rings. The molecule has 0 saturated heterocycles. The fourth-order valence-corrected chi connectivity index (χ4v) is 2.05. The van der Waals surface area contributed by atoms with Crippen molar-refractivity contribution in [3.05, 3.63) is 42.0 Å². The summed E-state index contributed by atoms with van der Waals surface area (Å²) in [6, 6.07) is 12.0. The number of amides is 1. The molecule has 0 atom stereocenters. The van der Waals surface area contributed by atoms with Gasteiger partial charge in [0.05, 0.1) is 6.54 Å². The first kappa shape index (κ1) is 9.21. The van der Waals surface area contributed by atoms with E-state index in [0.717, 1.165) is 10.9 Å². The van der Waals surface area contributed by atoms with Gasteiger partial charge < -0.3 is 9.64 Å². The van der Waals surface area contributed by atoms with E-state index in [9.17, 15) is 4.79 Å². The molecular formula is C13H11NO2. The van der Waals surface area contributed by atoms with Crippen LogP contribution in [0.1, 0.15) is 5.56 Å². The largest absolute Gasteiger partial charge is 0.415 e. The molecule has 0 bridgehead atoms. The lowest BCUT2D eigenvalue weighted by atomic mass is 10.0. The molecule has 0 saturated carbocycles. The van der Waals surface area contributed by atoms with E-state index in [1.165, 1.54) is 5.39 Å². The van der Waals surface area contributed by atoms with Gasteiger partial charge in [0.25, 0.3) is 0 Å². The second kappa shape index (κ2) is 3.23. The van der Waals surface area contributed by atoms with Crippen molar-refractivity contribution in [1.82, 2.24) is 4.90 Å². The van der Waals surface area contributed by atoms with Crippen LogP contribution in [0, 0.1) is 0 Å². The third-order valence-corrected chi connectivity index (χ3v) is 2.90. The highest BCUT2D eigenvalue weighted by molar-refractivity contribution is 5.89. The standard InChI is InChI=1S/C13H11NO2/c1-14-8-11-10-5-3-2-4-9(10)6-7-12(11)16-13(14)15/h2-7H,8H2,1H3. The highest BCUT2D eigenvalue weighted by Gasteiger charge is 2.22. The van der Waals surface area contributed by atoms with Gasteiger partial charge in [-0.2, -0.15) is 0 Å². The summed E-state index contributed by atoms with van der Waals surface area (Å²) in [4.78, 5) is 13.0. The SMILES string of the molecule is CN1Cc2c(ccc3ccccc23)OC1=O. The predicted molar refractivity (Wildman–Crippen MR) is 61.4 cm³/mol. The number of hydrogen-bond acceptors (Lipinski definition) is 2. The summed E-state index contributed by atoms with van der Waals surface area (Å²) in [6.07, 6.45) is -0.289. The van der Waals surface area contributed by atoms with Gasteiger partial charge in [0.2, 0.25) is 0 Å². The molecule has 0 N–H and O–H groups in total. The second-order valence-corrected chi connectivity index (χ2v) is 3.99. The number of nitrogens with zero attached hydrogens (tertiary/aromatic N) is 1. The Kier molecular flexibility index (Phi) is 1.86. The molecule has 0 radical (unpaired) electrons. The Morgan fingerprint density at radius 3 is 2.88 bits per heavy atom. The van der Waals surface area contributed by atoms with E-state index < -0.39 is 0 Å². The molecule has 1 amide bonds. The number of benzene rings is 2. The minimum absolute atomic E-state index is 0.289. The molecule has 0 aromatic heterocycles. The smallest absolute Gasteiger partial charge is 0.410 e. The van der Waals surface area contributed by atoms with Gasteiger partial charge in [-0.25, -0.2) is 4.79 Å². The number of fused-ring (bicyclic) bond motifs is 3. The lowest BCUT2D eigenvalue weighted by Gasteiger charge is -2.25. The van der Waals surface area contributed by atoms with Crippen molar-refractivity contribution in [2.24, 2.45) is 0 Å². The molecule has 80 valence electrons. The average molecular weight is 213 g/mol. The maximum atomic E-state index is 11.4. The third-order valence-electron chi connectivity index (χ3n) is 2.90. The zero-order valence-electron chi connectivity index (χ0n) is 8.93. The predicted octanol–water partition coefficient (Wildman–Crippen LogP) is 2.78. The lowest BCUT2D eigenvalue weighted by molar-refractivity contribution is 0.151. The molecule has 0 unspecified atom stereocenters. The van der Waals surface area contributed by atoms with E-state index in [1.807, 2.05) is 24.3 Å². The Hall–Kier alpha value is -2.03. The first-order chi connectivity index (χ1) is 7.75. The van der Waals surface area contributed by atoms with Crippen molar-refractivity contribution in [2.45, 2.75) is 6.54 Å². The van der Waals surface area contributed by atoms with Crippen molar-refractivity contribution in [2.75, 3.05) is 7.05 Å². The van der Waals surface area contributed by atoms with Crippen molar-refractivity contribution in [3.8, 4) is 5.75 Å². The van der Waals surface area contributed by atoms with Crippen LogP contribution >= 0.6 is 0 Å². The third kappa shape index (κ3) is 1.25. The maximum absolute atomic E-state index is 11.4. The van der Waals surface area contributed by atoms with Crippen LogP contribution in [0.5, 0.6) is 5.75 Å². The molecule has 3 nitrogen and oxygen atoms in total. The van der Waals surface area contributed by atoms with Gasteiger partial charge in [-0.05, 0) is 16.8 Å². The first-order valence-electron chi connectivity index (χ1n) is 5.19. The Labute approximate surface area is 93.2 Å². The summed E-state index contributed by atoms with van der Waals surface area (Å²) < 4.78 is 5.24. The Morgan fingerprint density at radius 1 is 1.19 bits per heavy atom.